The van der Waals surface area contributed by atoms with Gasteiger partial charge in [-0.05, 0) is 12.5 Å². The fourth-order valence-electron chi connectivity index (χ4n) is 1.43. The normalized spacial score (nSPS) is 12.2. The summed E-state index contributed by atoms with van der Waals surface area (Å²) in [5.74, 6) is -0.877. The molecule has 0 fully saturated rings. The maximum absolute atomic E-state index is 10.4. The molecule has 6 nitrogen and oxygen atoms in total. The number of rotatable bonds is 11. The average molecular weight is 278 g/mol. The van der Waals surface area contributed by atoms with E-state index in [0.717, 1.165) is 31.7 Å². The van der Waals surface area contributed by atoms with Gasteiger partial charge in [0.25, 0.3) is 5.97 Å². The lowest BCUT2D eigenvalue weighted by atomic mass is 10.2. The highest BCUT2D eigenvalue weighted by Gasteiger charge is 2.22. The van der Waals surface area contributed by atoms with Gasteiger partial charge >= 0.3 is 6.03 Å². The van der Waals surface area contributed by atoms with E-state index in [2.05, 4.69) is 5.32 Å². The van der Waals surface area contributed by atoms with Crippen molar-refractivity contribution in [1.82, 2.24) is 5.32 Å². The molecule has 0 saturated carbocycles. The summed E-state index contributed by atoms with van der Waals surface area (Å²) in [6.45, 7) is 2.43. The lowest BCUT2D eigenvalue weighted by Crippen LogP contribution is -2.34. The molecule has 0 heterocycles. The van der Waals surface area contributed by atoms with Crippen molar-refractivity contribution in [2.45, 2.75) is 44.6 Å². The van der Waals surface area contributed by atoms with E-state index in [0.29, 0.717) is 6.54 Å². The Labute approximate surface area is 111 Å². The van der Waals surface area contributed by atoms with Crippen LogP contribution in [0, 0.1) is 0 Å². The Bertz CT molecular complexity index is 225. The van der Waals surface area contributed by atoms with Crippen molar-refractivity contribution < 1.29 is 18.7 Å². The first-order valence-corrected chi connectivity index (χ1v) is 7.89. The smallest absolute Gasteiger partial charge is 0.312 e. The Morgan fingerprint density at radius 2 is 1.83 bits per heavy atom. The van der Waals surface area contributed by atoms with Crippen LogP contribution in [0.2, 0.25) is 6.04 Å². The van der Waals surface area contributed by atoms with Gasteiger partial charge in [0.05, 0.1) is 0 Å². The molecule has 0 aromatic carbocycles. The summed E-state index contributed by atoms with van der Waals surface area (Å²) in [7, 11) is 2.54. The van der Waals surface area contributed by atoms with Gasteiger partial charge in [-0.2, -0.15) is 0 Å². The highest BCUT2D eigenvalue weighted by atomic mass is 28.2. The molecule has 0 aliphatic heterocycles. The summed E-state index contributed by atoms with van der Waals surface area (Å²) in [6, 6.07) is 0.653. The van der Waals surface area contributed by atoms with Crippen LogP contribution in [0.1, 0.15) is 32.6 Å². The molecule has 0 aliphatic carbocycles. The quantitative estimate of drug-likeness (QED) is 0.331. The van der Waals surface area contributed by atoms with Gasteiger partial charge in [-0.15, -0.1) is 0 Å². The van der Waals surface area contributed by atoms with E-state index in [1.807, 2.05) is 0 Å². The van der Waals surface area contributed by atoms with E-state index in [1.165, 1.54) is 0 Å². The Kier molecular flexibility index (Phi) is 9.94. The summed E-state index contributed by atoms with van der Waals surface area (Å²) in [5, 5.41) is 2.57. The minimum Gasteiger partial charge on any atom is -0.376 e. The molecule has 0 aliphatic rings. The molecule has 0 rings (SSSR count). The number of amides is 2. The van der Waals surface area contributed by atoms with Gasteiger partial charge in [-0.1, -0.05) is 19.3 Å². The zero-order valence-corrected chi connectivity index (χ0v) is 13.1. The van der Waals surface area contributed by atoms with Gasteiger partial charge in [-0.3, -0.25) is 0 Å². The third-order valence-corrected chi connectivity index (χ3v) is 4.24. The lowest BCUT2D eigenvalue weighted by molar-refractivity contribution is -0.310. The maximum atomic E-state index is 10.4. The summed E-state index contributed by atoms with van der Waals surface area (Å²) >= 11 is 0. The van der Waals surface area contributed by atoms with Crippen molar-refractivity contribution >= 4 is 15.8 Å². The molecule has 0 aromatic heterocycles. The monoisotopic (exact) mass is 278 g/mol. The fourth-order valence-corrected chi connectivity index (χ4v) is 2.74. The molecule has 0 spiro atoms. The summed E-state index contributed by atoms with van der Waals surface area (Å²) in [5.41, 5.74) is 4.96. The van der Waals surface area contributed by atoms with Gasteiger partial charge in [0.15, 0.2) is 9.76 Å². The van der Waals surface area contributed by atoms with Crippen molar-refractivity contribution in [3.8, 4) is 0 Å². The van der Waals surface area contributed by atoms with Crippen LogP contribution < -0.4 is 11.1 Å². The van der Waals surface area contributed by atoms with Crippen molar-refractivity contribution in [2.24, 2.45) is 5.73 Å². The number of primary amides is 1. The molecule has 3 N–H and O–H groups in total. The van der Waals surface area contributed by atoms with Crippen molar-refractivity contribution in [3.63, 3.8) is 0 Å². The largest absolute Gasteiger partial charge is 0.376 e. The number of carbonyl (C=O) groups excluding carboxylic acids is 1. The van der Waals surface area contributed by atoms with Crippen molar-refractivity contribution in [2.75, 3.05) is 20.8 Å². The molecule has 2 amide bonds. The highest BCUT2D eigenvalue weighted by Crippen LogP contribution is 2.12. The van der Waals surface area contributed by atoms with Crippen LogP contribution in [0.25, 0.3) is 0 Å². The summed E-state index contributed by atoms with van der Waals surface area (Å²) < 4.78 is 15.8. The molecule has 0 saturated heterocycles. The van der Waals surface area contributed by atoms with E-state index >= 15 is 0 Å². The first-order chi connectivity index (χ1) is 8.54. The standard InChI is InChI=1S/C11H26N2O4Si/c1-11(15-2,16-3)17-18-9-7-5-4-6-8-13-10(12)14/h4-9,18H2,1-3H3,(H3,12,13,14). The number of hydrogen-bond acceptors (Lipinski definition) is 4. The lowest BCUT2D eigenvalue weighted by Gasteiger charge is -2.26. The molecule has 0 bridgehead atoms. The van der Waals surface area contributed by atoms with Crippen LogP contribution >= 0.6 is 0 Å². The third kappa shape index (κ3) is 9.40. The number of unbranched alkanes of at least 4 members (excludes halogenated alkanes) is 3. The number of nitrogens with two attached hydrogens (primary N) is 1. The topological polar surface area (TPSA) is 82.8 Å². The SMILES string of the molecule is COC(C)(OC)O[SiH2]CCCCCCNC(N)=O. The Morgan fingerprint density at radius 3 is 2.39 bits per heavy atom. The molecule has 0 unspecified atom stereocenters. The van der Waals surface area contributed by atoms with Crippen LogP contribution in [-0.2, 0) is 13.9 Å². The predicted octanol–water partition coefficient (Wildman–Crippen LogP) is 0.700. The number of methoxy groups -OCH3 is 2. The first-order valence-electron chi connectivity index (χ1n) is 6.31. The van der Waals surface area contributed by atoms with Crippen LogP contribution in [0.5, 0.6) is 0 Å². The average Bonchev–Trinajstić information content (AvgIpc) is 2.36. The van der Waals surface area contributed by atoms with Crippen LogP contribution in [0.15, 0.2) is 0 Å². The van der Waals surface area contributed by atoms with Crippen LogP contribution in [0.3, 0.4) is 0 Å². The van der Waals surface area contributed by atoms with Gasteiger partial charge in [0, 0.05) is 27.7 Å². The van der Waals surface area contributed by atoms with Crippen LogP contribution in [0.4, 0.5) is 4.79 Å². The second kappa shape index (κ2) is 10.3. The minimum absolute atomic E-state index is 0.450. The number of nitrogens with one attached hydrogen (secondary N) is 1. The number of carbonyl (C=O) groups is 1. The van der Waals surface area contributed by atoms with E-state index < -0.39 is 21.8 Å². The van der Waals surface area contributed by atoms with Crippen molar-refractivity contribution in [3.05, 3.63) is 0 Å². The van der Waals surface area contributed by atoms with Crippen molar-refractivity contribution in [1.29, 1.82) is 0 Å². The Hall–Kier alpha value is -0.633. The molecule has 0 radical (unpaired) electrons. The predicted molar refractivity (Wildman–Crippen MR) is 72.9 cm³/mol. The number of ether oxygens (including phenoxy) is 2. The zero-order valence-electron chi connectivity index (χ0n) is 11.7. The molecular formula is C11H26N2O4Si. The fraction of sp³-hybridized carbons (Fsp3) is 0.909. The first kappa shape index (κ1) is 17.4. The van der Waals surface area contributed by atoms with E-state index in [1.54, 1.807) is 21.1 Å². The number of urea groups is 1. The zero-order chi connectivity index (χ0) is 13.9. The van der Waals surface area contributed by atoms with Gasteiger partial charge in [0.1, 0.15) is 0 Å². The molecule has 7 heteroatoms. The molecule has 0 aromatic rings. The Morgan fingerprint density at radius 1 is 1.22 bits per heavy atom. The van der Waals surface area contributed by atoms with Gasteiger partial charge in [-0.25, -0.2) is 4.79 Å². The van der Waals surface area contributed by atoms with Gasteiger partial charge in [0.2, 0.25) is 0 Å². The minimum atomic E-state index is -0.877. The van der Waals surface area contributed by atoms with E-state index in [4.69, 9.17) is 19.6 Å². The molecule has 0 atom stereocenters. The summed E-state index contributed by atoms with van der Waals surface area (Å²) in [4.78, 5) is 10.4. The molecule has 18 heavy (non-hydrogen) atoms. The summed E-state index contributed by atoms with van der Waals surface area (Å²) in [6.07, 6.45) is 4.36. The Balaban J connectivity index is 3.28. The molecule has 108 valence electrons. The van der Waals surface area contributed by atoms with E-state index in [9.17, 15) is 4.79 Å². The second-order valence-corrected chi connectivity index (χ2v) is 5.58. The van der Waals surface area contributed by atoms with E-state index in [-0.39, 0.29) is 0 Å². The van der Waals surface area contributed by atoms with Gasteiger partial charge < -0.3 is 25.0 Å². The van der Waals surface area contributed by atoms with Crippen LogP contribution in [-0.4, -0.2) is 42.5 Å². The molecular weight excluding hydrogens is 252 g/mol. The second-order valence-electron chi connectivity index (χ2n) is 4.18. The third-order valence-electron chi connectivity index (χ3n) is 2.73. The maximum Gasteiger partial charge on any atom is 0.312 e. The highest BCUT2D eigenvalue weighted by molar-refractivity contribution is 6.27. The number of hydrogen-bond donors (Lipinski definition) is 2.